The highest BCUT2D eigenvalue weighted by molar-refractivity contribution is 5.66. The molecule has 0 amide bonds. The molecule has 0 bridgehead atoms. The van der Waals surface area contributed by atoms with E-state index < -0.39 is 0 Å². The molecule has 0 spiro atoms. The fraction of sp³-hybridized carbons (Fsp3) is 0.263. The van der Waals surface area contributed by atoms with Gasteiger partial charge in [0.1, 0.15) is 23.8 Å². The molecule has 26 heavy (non-hydrogen) atoms. The van der Waals surface area contributed by atoms with E-state index in [9.17, 15) is 0 Å². The van der Waals surface area contributed by atoms with E-state index in [0.717, 1.165) is 22.7 Å². The third-order valence-electron chi connectivity index (χ3n) is 4.12. The van der Waals surface area contributed by atoms with Gasteiger partial charge in [-0.1, -0.05) is 0 Å². The van der Waals surface area contributed by atoms with Crippen LogP contribution in [-0.4, -0.2) is 23.9 Å². The van der Waals surface area contributed by atoms with E-state index in [0.29, 0.717) is 35.5 Å². The second-order valence-corrected chi connectivity index (χ2v) is 5.81. The molecule has 2 aromatic heterocycles. The Morgan fingerprint density at radius 1 is 1.15 bits per heavy atom. The Morgan fingerprint density at radius 2 is 2.04 bits per heavy atom. The van der Waals surface area contributed by atoms with Gasteiger partial charge < -0.3 is 23.4 Å². The molecule has 134 valence electrons. The number of hydrogen-bond acceptors (Lipinski definition) is 7. The zero-order valence-electron chi connectivity index (χ0n) is 14.7. The summed E-state index contributed by atoms with van der Waals surface area (Å²) in [5.41, 5.74) is 2.30. The van der Waals surface area contributed by atoms with Gasteiger partial charge in [-0.15, -0.1) is 0 Å². The lowest BCUT2D eigenvalue weighted by atomic mass is 10.2. The summed E-state index contributed by atoms with van der Waals surface area (Å²) in [7, 11) is 1.58. The van der Waals surface area contributed by atoms with E-state index in [1.807, 2.05) is 38.1 Å². The molecule has 0 fully saturated rings. The van der Waals surface area contributed by atoms with Gasteiger partial charge in [-0.05, 0) is 38.1 Å². The van der Waals surface area contributed by atoms with Gasteiger partial charge in [0.15, 0.2) is 11.5 Å². The van der Waals surface area contributed by atoms with Gasteiger partial charge in [-0.25, -0.2) is 4.98 Å². The lowest BCUT2D eigenvalue weighted by Crippen LogP contribution is -1.99. The molecule has 0 saturated heterocycles. The van der Waals surface area contributed by atoms with Crippen molar-refractivity contribution in [2.75, 3.05) is 13.9 Å². The number of fused-ring (bicyclic) bond motifs is 1. The fourth-order valence-corrected chi connectivity index (χ4v) is 2.71. The average molecular weight is 354 g/mol. The Hall–Kier alpha value is -3.22. The number of nitrogens with zero attached hydrogens (tertiary/aromatic N) is 2. The quantitative estimate of drug-likeness (QED) is 0.692. The first-order valence-corrected chi connectivity index (χ1v) is 8.14. The van der Waals surface area contributed by atoms with Crippen molar-refractivity contribution in [2.24, 2.45) is 0 Å². The van der Waals surface area contributed by atoms with Gasteiger partial charge >= 0.3 is 0 Å². The molecule has 0 unspecified atom stereocenters. The number of hydrogen-bond donors (Lipinski definition) is 0. The molecule has 0 aliphatic carbocycles. The van der Waals surface area contributed by atoms with Crippen LogP contribution < -0.4 is 18.9 Å². The standard InChI is InChI=1S/C19H18N2O5/c1-11-15(5-4-6-20-11)23-9-14-12(2)26-19(21-14)13-7-16(22-3)18-17(8-13)24-10-25-18/h4-8H,9-10H2,1-3H3. The molecule has 0 radical (unpaired) electrons. The highest BCUT2D eigenvalue weighted by Crippen LogP contribution is 2.44. The summed E-state index contributed by atoms with van der Waals surface area (Å²) in [6.07, 6.45) is 1.73. The molecule has 1 aliphatic rings. The summed E-state index contributed by atoms with van der Waals surface area (Å²) in [5, 5.41) is 0. The number of rotatable bonds is 5. The van der Waals surface area contributed by atoms with Crippen LogP contribution in [0, 0.1) is 13.8 Å². The monoisotopic (exact) mass is 354 g/mol. The molecule has 0 saturated carbocycles. The van der Waals surface area contributed by atoms with E-state index in [4.69, 9.17) is 23.4 Å². The van der Waals surface area contributed by atoms with Gasteiger partial charge in [-0.3, -0.25) is 4.98 Å². The molecule has 0 atom stereocenters. The Kier molecular flexibility index (Phi) is 4.12. The lowest BCUT2D eigenvalue weighted by Gasteiger charge is -2.06. The maximum atomic E-state index is 5.82. The maximum absolute atomic E-state index is 5.82. The van der Waals surface area contributed by atoms with Crippen molar-refractivity contribution in [3.8, 4) is 34.5 Å². The van der Waals surface area contributed by atoms with Crippen molar-refractivity contribution in [3.63, 3.8) is 0 Å². The molecule has 7 heteroatoms. The molecule has 7 nitrogen and oxygen atoms in total. The van der Waals surface area contributed by atoms with Crippen molar-refractivity contribution in [3.05, 3.63) is 47.6 Å². The summed E-state index contributed by atoms with van der Waals surface area (Å²) in [6, 6.07) is 7.35. The van der Waals surface area contributed by atoms with Crippen molar-refractivity contribution in [1.82, 2.24) is 9.97 Å². The first kappa shape index (κ1) is 16.3. The zero-order chi connectivity index (χ0) is 18.1. The van der Waals surface area contributed by atoms with Crippen LogP contribution in [0.2, 0.25) is 0 Å². The smallest absolute Gasteiger partial charge is 0.231 e. The normalized spacial score (nSPS) is 12.3. The molecule has 1 aromatic carbocycles. The second-order valence-electron chi connectivity index (χ2n) is 5.81. The number of ether oxygens (including phenoxy) is 4. The molecular weight excluding hydrogens is 336 g/mol. The van der Waals surface area contributed by atoms with Gasteiger partial charge in [-0.2, -0.15) is 0 Å². The van der Waals surface area contributed by atoms with E-state index in [1.54, 1.807) is 13.3 Å². The maximum Gasteiger partial charge on any atom is 0.231 e. The van der Waals surface area contributed by atoms with E-state index in [2.05, 4.69) is 9.97 Å². The van der Waals surface area contributed by atoms with E-state index in [1.165, 1.54) is 0 Å². The number of methoxy groups -OCH3 is 1. The summed E-state index contributed by atoms with van der Waals surface area (Å²) in [4.78, 5) is 8.77. The Morgan fingerprint density at radius 3 is 2.85 bits per heavy atom. The highest BCUT2D eigenvalue weighted by atomic mass is 16.7. The van der Waals surface area contributed by atoms with Crippen LogP contribution in [0.4, 0.5) is 0 Å². The van der Waals surface area contributed by atoms with Crippen molar-refractivity contribution < 1.29 is 23.4 Å². The van der Waals surface area contributed by atoms with Crippen LogP contribution in [0.25, 0.3) is 11.5 Å². The van der Waals surface area contributed by atoms with Crippen LogP contribution in [0.15, 0.2) is 34.9 Å². The third kappa shape index (κ3) is 2.92. The van der Waals surface area contributed by atoms with Crippen LogP contribution >= 0.6 is 0 Å². The first-order chi connectivity index (χ1) is 12.7. The van der Waals surface area contributed by atoms with Crippen molar-refractivity contribution in [1.29, 1.82) is 0 Å². The average Bonchev–Trinajstić information content (AvgIpc) is 3.26. The van der Waals surface area contributed by atoms with Crippen molar-refractivity contribution in [2.45, 2.75) is 20.5 Å². The largest absolute Gasteiger partial charge is 0.493 e. The van der Waals surface area contributed by atoms with Gasteiger partial charge in [0, 0.05) is 11.8 Å². The summed E-state index contributed by atoms with van der Waals surface area (Å²) in [5.74, 6) is 3.67. The molecule has 0 N–H and O–H groups in total. The molecule has 1 aliphatic heterocycles. The Labute approximate surface area is 150 Å². The minimum Gasteiger partial charge on any atom is -0.493 e. The zero-order valence-corrected chi connectivity index (χ0v) is 14.7. The highest BCUT2D eigenvalue weighted by Gasteiger charge is 2.23. The predicted molar refractivity (Wildman–Crippen MR) is 92.7 cm³/mol. The van der Waals surface area contributed by atoms with Crippen LogP contribution in [0.1, 0.15) is 17.1 Å². The Bertz CT molecular complexity index is 951. The number of pyridine rings is 1. The fourth-order valence-electron chi connectivity index (χ4n) is 2.71. The minimum absolute atomic E-state index is 0.170. The van der Waals surface area contributed by atoms with Crippen LogP contribution in [0.5, 0.6) is 23.0 Å². The summed E-state index contributed by atoms with van der Waals surface area (Å²) in [6.45, 7) is 4.22. The van der Waals surface area contributed by atoms with Gasteiger partial charge in [0.25, 0.3) is 0 Å². The first-order valence-electron chi connectivity index (χ1n) is 8.14. The second kappa shape index (κ2) is 6.59. The number of aryl methyl sites for hydroxylation is 2. The summed E-state index contributed by atoms with van der Waals surface area (Å²) < 4.78 is 27.9. The van der Waals surface area contributed by atoms with E-state index in [-0.39, 0.29) is 6.79 Å². The third-order valence-corrected chi connectivity index (χ3v) is 4.12. The molecular formula is C19H18N2O5. The molecule has 4 rings (SSSR count). The summed E-state index contributed by atoms with van der Waals surface area (Å²) >= 11 is 0. The van der Waals surface area contributed by atoms with Gasteiger partial charge in [0.2, 0.25) is 18.4 Å². The SMILES string of the molecule is COc1cc(-c2nc(COc3cccnc3C)c(C)o2)cc2c1OCO2. The number of oxazole rings is 1. The predicted octanol–water partition coefficient (Wildman–Crippen LogP) is 3.67. The number of aromatic nitrogens is 2. The van der Waals surface area contributed by atoms with E-state index >= 15 is 0 Å². The van der Waals surface area contributed by atoms with Crippen molar-refractivity contribution >= 4 is 0 Å². The molecule has 3 aromatic rings. The van der Waals surface area contributed by atoms with Crippen LogP contribution in [-0.2, 0) is 6.61 Å². The Balaban J connectivity index is 1.60. The van der Waals surface area contributed by atoms with Crippen LogP contribution in [0.3, 0.4) is 0 Å². The lowest BCUT2D eigenvalue weighted by molar-refractivity contribution is 0.171. The topological polar surface area (TPSA) is 75.8 Å². The van der Waals surface area contributed by atoms with Gasteiger partial charge in [0.05, 0.1) is 12.8 Å². The minimum atomic E-state index is 0.170. The number of benzene rings is 1. The molecule has 3 heterocycles.